The Balaban J connectivity index is 2.40. The second-order valence-electron chi connectivity index (χ2n) is 3.69. The van der Waals surface area contributed by atoms with Crippen molar-refractivity contribution >= 4 is 59.7 Å². The number of amides is 1. The lowest BCUT2D eigenvalue weighted by atomic mass is 9.91. The zero-order chi connectivity index (χ0) is 12.8. The third kappa shape index (κ3) is 2.02. The molecule has 1 fully saturated rings. The summed E-state index contributed by atoms with van der Waals surface area (Å²) in [5.74, 6) is -0.816. The number of alkyl halides is 3. The molecule has 1 aliphatic carbocycles. The van der Waals surface area contributed by atoms with Gasteiger partial charge in [-0.25, -0.2) is 4.79 Å². The predicted octanol–water partition coefficient (Wildman–Crippen LogP) is 1.98. The fourth-order valence-corrected chi connectivity index (χ4v) is 4.82. The molecule has 0 spiro atoms. The van der Waals surface area contributed by atoms with Gasteiger partial charge in [0.25, 0.3) is 5.91 Å². The van der Waals surface area contributed by atoms with E-state index >= 15 is 0 Å². The zero-order valence-electron chi connectivity index (χ0n) is 8.67. The number of hydrogen-bond acceptors (Lipinski definition) is 3. The van der Waals surface area contributed by atoms with Crippen LogP contribution in [0.1, 0.15) is 0 Å². The molecule has 1 N–H and O–H groups in total. The van der Waals surface area contributed by atoms with Crippen LogP contribution in [-0.4, -0.2) is 27.0 Å². The Bertz CT molecular complexity index is 456. The van der Waals surface area contributed by atoms with Crippen molar-refractivity contribution < 1.29 is 14.3 Å². The predicted molar refractivity (Wildman–Crippen MR) is 73.1 cm³/mol. The van der Waals surface area contributed by atoms with Crippen molar-refractivity contribution in [3.63, 3.8) is 0 Å². The van der Waals surface area contributed by atoms with Crippen LogP contribution in [0.25, 0.3) is 0 Å². The summed E-state index contributed by atoms with van der Waals surface area (Å²) in [7, 11) is 1.33. The highest BCUT2D eigenvalue weighted by Crippen LogP contribution is 2.50. The molecule has 2 unspecified atom stereocenters. The van der Waals surface area contributed by atoms with Crippen molar-refractivity contribution in [3.05, 3.63) is 23.4 Å². The Morgan fingerprint density at radius 1 is 1.47 bits per heavy atom. The van der Waals surface area contributed by atoms with Crippen LogP contribution in [0.5, 0.6) is 0 Å². The normalized spacial score (nSPS) is 30.0. The molecule has 92 valence electrons. The SMILES string of the molecule is COC(=O)C1=CC=C2NC(=O)C(Br)(Br)C2C1Br. The number of hydrogen-bond donors (Lipinski definition) is 1. The maximum absolute atomic E-state index is 11.7. The monoisotopic (exact) mass is 427 g/mol. The van der Waals surface area contributed by atoms with Gasteiger partial charge in [-0.1, -0.05) is 47.8 Å². The average molecular weight is 430 g/mol. The first-order valence-electron chi connectivity index (χ1n) is 4.73. The van der Waals surface area contributed by atoms with E-state index in [4.69, 9.17) is 4.74 Å². The molecule has 2 aliphatic rings. The van der Waals surface area contributed by atoms with Crippen molar-refractivity contribution in [1.82, 2.24) is 5.32 Å². The van der Waals surface area contributed by atoms with Crippen LogP contribution in [0.4, 0.5) is 0 Å². The Kier molecular flexibility index (Phi) is 3.53. The van der Waals surface area contributed by atoms with Gasteiger partial charge in [-0.05, 0) is 12.2 Å². The standard InChI is InChI=1S/C10H8Br3NO3/c1-17-8(15)4-2-3-5-6(7(4)11)10(12,13)9(16)14-5/h2-3,6-7H,1H3,(H,14,16). The number of nitrogens with one attached hydrogen (secondary N) is 1. The van der Waals surface area contributed by atoms with E-state index in [0.717, 1.165) is 5.70 Å². The number of allylic oxidation sites excluding steroid dienone is 3. The van der Waals surface area contributed by atoms with Gasteiger partial charge in [0.05, 0.1) is 23.4 Å². The maximum Gasteiger partial charge on any atom is 0.334 e. The summed E-state index contributed by atoms with van der Waals surface area (Å²) in [6.45, 7) is 0. The molecule has 0 saturated carbocycles. The fraction of sp³-hybridized carbons (Fsp3) is 0.400. The van der Waals surface area contributed by atoms with E-state index in [0.29, 0.717) is 5.57 Å². The molecule has 0 aromatic carbocycles. The summed E-state index contributed by atoms with van der Waals surface area (Å²) < 4.78 is 3.79. The van der Waals surface area contributed by atoms with Gasteiger partial charge < -0.3 is 10.1 Å². The lowest BCUT2D eigenvalue weighted by molar-refractivity contribution is -0.136. The summed E-state index contributed by atoms with van der Waals surface area (Å²) in [6, 6.07) is 0. The summed E-state index contributed by atoms with van der Waals surface area (Å²) >= 11 is 10.1. The second-order valence-corrected chi connectivity index (χ2v) is 8.24. The van der Waals surface area contributed by atoms with Gasteiger partial charge in [0, 0.05) is 5.70 Å². The summed E-state index contributed by atoms with van der Waals surface area (Å²) in [5, 5.41) is 2.76. The van der Waals surface area contributed by atoms with Crippen LogP contribution in [-0.2, 0) is 14.3 Å². The number of methoxy groups -OCH3 is 1. The van der Waals surface area contributed by atoms with Gasteiger partial charge in [-0.2, -0.15) is 0 Å². The molecule has 0 bridgehead atoms. The molecule has 1 amide bonds. The molecular formula is C10H8Br3NO3. The summed E-state index contributed by atoms with van der Waals surface area (Å²) in [5.41, 5.74) is 1.25. The first-order valence-corrected chi connectivity index (χ1v) is 7.23. The van der Waals surface area contributed by atoms with Crippen LogP contribution in [0.3, 0.4) is 0 Å². The number of halogens is 3. The maximum atomic E-state index is 11.7. The van der Waals surface area contributed by atoms with Crippen LogP contribution < -0.4 is 5.32 Å². The molecule has 17 heavy (non-hydrogen) atoms. The number of rotatable bonds is 1. The number of carbonyl (C=O) groups excluding carboxylic acids is 2. The molecule has 1 saturated heterocycles. The minimum Gasteiger partial charge on any atom is -0.466 e. The van der Waals surface area contributed by atoms with Crippen LogP contribution in [0.2, 0.25) is 0 Å². The third-order valence-electron chi connectivity index (χ3n) is 2.74. The molecule has 1 aliphatic heterocycles. The number of ether oxygens (including phenoxy) is 1. The first-order chi connectivity index (χ1) is 7.89. The van der Waals surface area contributed by atoms with E-state index in [-0.39, 0.29) is 16.7 Å². The lowest BCUT2D eigenvalue weighted by Crippen LogP contribution is -2.36. The van der Waals surface area contributed by atoms with E-state index in [1.165, 1.54) is 7.11 Å². The molecule has 2 rings (SSSR count). The molecule has 7 heteroatoms. The van der Waals surface area contributed by atoms with Gasteiger partial charge >= 0.3 is 5.97 Å². The highest BCUT2D eigenvalue weighted by atomic mass is 79.9. The van der Waals surface area contributed by atoms with Gasteiger partial charge in [0.2, 0.25) is 0 Å². The fourth-order valence-electron chi connectivity index (χ4n) is 1.86. The van der Waals surface area contributed by atoms with Gasteiger partial charge in [0.1, 0.15) is 0 Å². The minimum atomic E-state index is -0.909. The van der Waals surface area contributed by atoms with E-state index in [9.17, 15) is 9.59 Å². The first kappa shape index (κ1) is 13.3. The van der Waals surface area contributed by atoms with Gasteiger partial charge in [0.15, 0.2) is 3.23 Å². The van der Waals surface area contributed by atoms with Crippen molar-refractivity contribution in [2.45, 2.75) is 8.06 Å². The average Bonchev–Trinajstić information content (AvgIpc) is 2.50. The van der Waals surface area contributed by atoms with Gasteiger partial charge in [-0.3, -0.25) is 4.79 Å². The highest BCUT2D eigenvalue weighted by Gasteiger charge is 2.54. The molecule has 2 atom stereocenters. The summed E-state index contributed by atoms with van der Waals surface area (Å²) in [4.78, 5) is 23.0. The Labute approximate surface area is 123 Å². The van der Waals surface area contributed by atoms with Crippen molar-refractivity contribution in [2.24, 2.45) is 5.92 Å². The van der Waals surface area contributed by atoms with Crippen molar-refractivity contribution in [3.8, 4) is 0 Å². The van der Waals surface area contributed by atoms with E-state index in [2.05, 4.69) is 53.1 Å². The second kappa shape index (κ2) is 4.51. The smallest absolute Gasteiger partial charge is 0.334 e. The lowest BCUT2D eigenvalue weighted by Gasteiger charge is -2.28. The quantitative estimate of drug-likeness (QED) is 0.512. The Morgan fingerprint density at radius 3 is 2.71 bits per heavy atom. The van der Waals surface area contributed by atoms with E-state index in [1.807, 2.05) is 0 Å². The minimum absolute atomic E-state index is 0.183. The van der Waals surface area contributed by atoms with E-state index < -0.39 is 9.20 Å². The van der Waals surface area contributed by atoms with E-state index in [1.54, 1.807) is 12.2 Å². The van der Waals surface area contributed by atoms with Crippen LogP contribution in [0.15, 0.2) is 23.4 Å². The summed E-state index contributed by atoms with van der Waals surface area (Å²) in [6.07, 6.45) is 3.37. The Hall–Kier alpha value is -0.140. The highest BCUT2D eigenvalue weighted by molar-refractivity contribution is 9.26. The zero-order valence-corrected chi connectivity index (χ0v) is 13.4. The van der Waals surface area contributed by atoms with Gasteiger partial charge in [-0.15, -0.1) is 0 Å². The molecule has 4 nitrogen and oxygen atoms in total. The van der Waals surface area contributed by atoms with Crippen molar-refractivity contribution in [1.29, 1.82) is 0 Å². The largest absolute Gasteiger partial charge is 0.466 e. The molecular weight excluding hydrogens is 422 g/mol. The molecule has 1 heterocycles. The van der Waals surface area contributed by atoms with Crippen LogP contribution >= 0.6 is 47.8 Å². The Morgan fingerprint density at radius 2 is 2.12 bits per heavy atom. The molecule has 0 radical (unpaired) electrons. The molecule has 0 aromatic rings. The third-order valence-corrected chi connectivity index (χ3v) is 5.47. The van der Waals surface area contributed by atoms with Crippen molar-refractivity contribution in [2.75, 3.05) is 7.11 Å². The topological polar surface area (TPSA) is 55.4 Å². The van der Waals surface area contributed by atoms with Crippen LogP contribution in [0, 0.1) is 5.92 Å². The number of carbonyl (C=O) groups is 2. The number of esters is 1. The number of fused-ring (bicyclic) bond motifs is 1. The molecule has 0 aromatic heterocycles.